The van der Waals surface area contributed by atoms with Gasteiger partial charge in [0.05, 0.1) is 5.69 Å². The maximum absolute atomic E-state index is 12.8. The second-order valence-electron chi connectivity index (χ2n) is 6.04. The molecule has 3 heterocycles. The quantitative estimate of drug-likeness (QED) is 0.746. The van der Waals surface area contributed by atoms with Gasteiger partial charge in [0, 0.05) is 53.7 Å². The van der Waals surface area contributed by atoms with E-state index >= 15 is 0 Å². The van der Waals surface area contributed by atoms with Gasteiger partial charge >= 0.3 is 0 Å². The molecular weight excluding hydrogens is 312 g/mol. The van der Waals surface area contributed by atoms with E-state index in [0.29, 0.717) is 23.8 Å². The van der Waals surface area contributed by atoms with Crippen molar-refractivity contribution in [2.24, 2.45) is 7.05 Å². The number of carbonyl (C=O) groups is 1. The Morgan fingerprint density at radius 1 is 1.35 bits per heavy atom. The van der Waals surface area contributed by atoms with Crippen LogP contribution in [-0.2, 0) is 20.0 Å². The molecule has 0 spiro atoms. The van der Waals surface area contributed by atoms with Crippen molar-refractivity contribution in [1.82, 2.24) is 19.7 Å². The Labute approximate surface area is 138 Å². The molecule has 0 radical (unpaired) electrons. The average Bonchev–Trinajstić information content (AvgIpc) is 3.05. The predicted molar refractivity (Wildman–Crippen MR) is 89.7 cm³/mol. The Bertz CT molecular complexity index is 924. The summed E-state index contributed by atoms with van der Waals surface area (Å²) in [4.78, 5) is 18.1. The summed E-state index contributed by atoms with van der Waals surface area (Å²) >= 11 is 6.13. The molecular formula is C17H17ClN4O. The van der Waals surface area contributed by atoms with E-state index in [1.165, 1.54) is 11.3 Å². The minimum atomic E-state index is 0.0233. The fourth-order valence-corrected chi connectivity index (χ4v) is 3.50. The molecule has 4 rings (SSSR count). The van der Waals surface area contributed by atoms with Crippen molar-refractivity contribution in [3.63, 3.8) is 0 Å². The molecule has 118 valence electrons. The first-order chi connectivity index (χ1) is 11.0. The monoisotopic (exact) mass is 328 g/mol. The largest absolute Gasteiger partial charge is 0.358 e. The van der Waals surface area contributed by atoms with Gasteiger partial charge < -0.3 is 9.88 Å². The number of benzene rings is 1. The van der Waals surface area contributed by atoms with Crippen molar-refractivity contribution in [1.29, 1.82) is 0 Å². The molecule has 2 aromatic heterocycles. The number of rotatable bonds is 1. The van der Waals surface area contributed by atoms with E-state index in [2.05, 4.69) is 10.1 Å². The maximum Gasteiger partial charge on any atom is 0.272 e. The number of fused-ring (bicyclic) bond motifs is 3. The summed E-state index contributed by atoms with van der Waals surface area (Å²) in [6.07, 6.45) is 0.824. The first kappa shape index (κ1) is 14.3. The Morgan fingerprint density at radius 3 is 2.91 bits per heavy atom. The van der Waals surface area contributed by atoms with Gasteiger partial charge in [-0.3, -0.25) is 9.48 Å². The van der Waals surface area contributed by atoms with Crippen molar-refractivity contribution in [3.8, 4) is 0 Å². The van der Waals surface area contributed by atoms with Crippen LogP contribution in [0, 0.1) is 6.92 Å². The minimum Gasteiger partial charge on any atom is -0.358 e. The number of nitrogens with one attached hydrogen (secondary N) is 1. The van der Waals surface area contributed by atoms with Crippen LogP contribution in [0.5, 0.6) is 0 Å². The highest BCUT2D eigenvalue weighted by Gasteiger charge is 2.26. The summed E-state index contributed by atoms with van der Waals surface area (Å²) in [5, 5.41) is 6.08. The normalized spacial score (nSPS) is 14.3. The van der Waals surface area contributed by atoms with Crippen LogP contribution in [0.15, 0.2) is 24.3 Å². The van der Waals surface area contributed by atoms with E-state index in [0.717, 1.165) is 23.0 Å². The Balaban J connectivity index is 1.70. The molecule has 0 saturated heterocycles. The first-order valence-electron chi connectivity index (χ1n) is 7.62. The topological polar surface area (TPSA) is 53.9 Å². The fraction of sp³-hybridized carbons (Fsp3) is 0.294. The number of aromatic amines is 1. The third-order valence-corrected chi connectivity index (χ3v) is 4.68. The average molecular weight is 329 g/mol. The van der Waals surface area contributed by atoms with Gasteiger partial charge in [0.2, 0.25) is 0 Å². The number of amides is 1. The number of hydrogen-bond donors (Lipinski definition) is 1. The molecule has 1 aromatic carbocycles. The zero-order chi connectivity index (χ0) is 16.1. The highest BCUT2D eigenvalue weighted by atomic mass is 35.5. The molecule has 0 bridgehead atoms. The SMILES string of the molecule is Cc1cc(C(=O)N2CCc3[nH]c4ccc(Cl)cc4c3C2)n(C)n1. The van der Waals surface area contributed by atoms with Gasteiger partial charge in [0.1, 0.15) is 5.69 Å². The number of aryl methyl sites for hydroxylation is 2. The van der Waals surface area contributed by atoms with Crippen LogP contribution in [0.4, 0.5) is 0 Å². The van der Waals surface area contributed by atoms with E-state index < -0.39 is 0 Å². The Hall–Kier alpha value is -2.27. The number of nitrogens with zero attached hydrogens (tertiary/aromatic N) is 3. The molecule has 0 fully saturated rings. The molecule has 1 aliphatic rings. The predicted octanol–water partition coefficient (Wildman–Crippen LogP) is 3.06. The van der Waals surface area contributed by atoms with Gasteiger partial charge in [-0.15, -0.1) is 0 Å². The van der Waals surface area contributed by atoms with Gasteiger partial charge in [-0.1, -0.05) is 11.6 Å². The molecule has 1 aliphatic heterocycles. The zero-order valence-electron chi connectivity index (χ0n) is 13.1. The minimum absolute atomic E-state index is 0.0233. The van der Waals surface area contributed by atoms with E-state index in [9.17, 15) is 4.79 Å². The molecule has 1 amide bonds. The Morgan fingerprint density at radius 2 is 2.17 bits per heavy atom. The molecule has 0 saturated carbocycles. The molecule has 0 aliphatic carbocycles. The summed E-state index contributed by atoms with van der Waals surface area (Å²) in [7, 11) is 1.81. The van der Waals surface area contributed by atoms with Crippen molar-refractivity contribution < 1.29 is 4.79 Å². The first-order valence-corrected chi connectivity index (χ1v) is 7.99. The molecule has 3 aromatic rings. The van der Waals surface area contributed by atoms with Crippen LogP contribution < -0.4 is 0 Å². The summed E-state index contributed by atoms with van der Waals surface area (Å²) < 4.78 is 1.65. The molecule has 0 atom stereocenters. The van der Waals surface area contributed by atoms with Crippen LogP contribution in [0.25, 0.3) is 10.9 Å². The summed E-state index contributed by atoms with van der Waals surface area (Å²) in [6.45, 7) is 3.20. The lowest BCUT2D eigenvalue weighted by molar-refractivity contribution is 0.0724. The molecule has 6 heteroatoms. The maximum atomic E-state index is 12.8. The molecule has 5 nitrogen and oxygen atoms in total. The number of carbonyl (C=O) groups excluding carboxylic acids is 1. The van der Waals surface area contributed by atoms with Crippen LogP contribution in [-0.4, -0.2) is 32.1 Å². The number of aromatic nitrogens is 3. The van der Waals surface area contributed by atoms with Crippen LogP contribution >= 0.6 is 11.6 Å². The lowest BCUT2D eigenvalue weighted by Crippen LogP contribution is -2.36. The summed E-state index contributed by atoms with van der Waals surface area (Å²) in [5.41, 5.74) is 4.93. The lowest BCUT2D eigenvalue weighted by atomic mass is 10.0. The highest BCUT2D eigenvalue weighted by molar-refractivity contribution is 6.31. The lowest BCUT2D eigenvalue weighted by Gasteiger charge is -2.27. The number of halogens is 1. The third kappa shape index (κ3) is 2.32. The van der Waals surface area contributed by atoms with Crippen LogP contribution in [0.2, 0.25) is 5.02 Å². The zero-order valence-corrected chi connectivity index (χ0v) is 13.8. The van der Waals surface area contributed by atoms with E-state index in [4.69, 9.17) is 11.6 Å². The van der Waals surface area contributed by atoms with Crippen molar-refractivity contribution in [2.45, 2.75) is 19.9 Å². The second kappa shape index (κ2) is 5.13. The molecule has 1 N–H and O–H groups in total. The summed E-state index contributed by atoms with van der Waals surface area (Å²) in [6, 6.07) is 7.68. The van der Waals surface area contributed by atoms with Gasteiger partial charge in [0.25, 0.3) is 5.91 Å². The van der Waals surface area contributed by atoms with E-state index in [-0.39, 0.29) is 5.91 Å². The van der Waals surface area contributed by atoms with Gasteiger partial charge in [0.15, 0.2) is 0 Å². The van der Waals surface area contributed by atoms with E-state index in [1.807, 2.05) is 36.1 Å². The fourth-order valence-electron chi connectivity index (χ4n) is 3.33. The number of H-pyrrole nitrogens is 1. The Kier molecular flexibility index (Phi) is 3.20. The van der Waals surface area contributed by atoms with Gasteiger partial charge in [-0.2, -0.15) is 5.10 Å². The van der Waals surface area contributed by atoms with Gasteiger partial charge in [-0.05, 0) is 31.2 Å². The van der Waals surface area contributed by atoms with Crippen LogP contribution in [0.1, 0.15) is 27.4 Å². The van der Waals surface area contributed by atoms with Crippen molar-refractivity contribution in [2.75, 3.05) is 6.54 Å². The van der Waals surface area contributed by atoms with E-state index in [1.54, 1.807) is 11.7 Å². The van der Waals surface area contributed by atoms with Crippen LogP contribution in [0.3, 0.4) is 0 Å². The van der Waals surface area contributed by atoms with Crippen molar-refractivity contribution in [3.05, 3.63) is 51.9 Å². The standard InChI is InChI=1S/C17H17ClN4O/c1-10-7-16(21(2)20-10)17(23)22-6-5-15-13(9-22)12-8-11(18)3-4-14(12)19-15/h3-4,7-8,19H,5-6,9H2,1-2H3. The van der Waals surface area contributed by atoms with Gasteiger partial charge in [-0.25, -0.2) is 0 Å². The summed E-state index contributed by atoms with van der Waals surface area (Å²) in [5.74, 6) is 0.0233. The smallest absolute Gasteiger partial charge is 0.272 e. The second-order valence-corrected chi connectivity index (χ2v) is 6.48. The van der Waals surface area contributed by atoms with Crippen molar-refractivity contribution >= 4 is 28.4 Å². The molecule has 0 unspecified atom stereocenters. The number of hydrogen-bond acceptors (Lipinski definition) is 2. The molecule has 23 heavy (non-hydrogen) atoms. The third-order valence-electron chi connectivity index (χ3n) is 4.45. The highest BCUT2D eigenvalue weighted by Crippen LogP contribution is 2.30.